The number of rotatable bonds is 5. The van der Waals surface area contributed by atoms with Crippen LogP contribution in [0, 0.1) is 0 Å². The molecule has 0 atom stereocenters. The van der Waals surface area contributed by atoms with Crippen molar-refractivity contribution in [2.45, 2.75) is 26.9 Å². The van der Waals surface area contributed by atoms with Crippen molar-refractivity contribution in [2.75, 3.05) is 10.6 Å². The number of hydrogen-bond acceptors (Lipinski definition) is 4. The first-order chi connectivity index (χ1) is 10.4. The molecule has 0 saturated heterocycles. The van der Waals surface area contributed by atoms with Gasteiger partial charge >= 0.3 is 0 Å². The molecule has 0 aliphatic carbocycles. The van der Waals surface area contributed by atoms with Crippen LogP contribution in [0.2, 0.25) is 0 Å². The molecule has 2 aromatic rings. The summed E-state index contributed by atoms with van der Waals surface area (Å²) in [5.41, 5.74) is 0.624. The number of nitrogens with one attached hydrogen (secondary N) is 2. The minimum Gasteiger partial charge on any atom is -0.491 e. The van der Waals surface area contributed by atoms with Crippen molar-refractivity contribution in [3.8, 4) is 5.75 Å². The van der Waals surface area contributed by atoms with Crippen molar-refractivity contribution < 1.29 is 18.7 Å². The molecule has 2 amide bonds. The SMILES string of the molecule is CC(=O)Nc1ccc(C(=O)Nc2ccc(OC(C)C)cc2)o1. The Morgan fingerprint density at radius 2 is 1.73 bits per heavy atom. The lowest BCUT2D eigenvalue weighted by Gasteiger charge is -2.10. The van der Waals surface area contributed by atoms with Crippen molar-refractivity contribution in [1.29, 1.82) is 0 Å². The summed E-state index contributed by atoms with van der Waals surface area (Å²) >= 11 is 0. The number of benzene rings is 1. The predicted molar refractivity (Wildman–Crippen MR) is 83.2 cm³/mol. The molecule has 0 aliphatic rings. The van der Waals surface area contributed by atoms with Crippen molar-refractivity contribution in [3.05, 3.63) is 42.2 Å². The van der Waals surface area contributed by atoms with E-state index < -0.39 is 5.91 Å². The second kappa shape index (κ2) is 6.80. The summed E-state index contributed by atoms with van der Waals surface area (Å²) in [6.45, 7) is 5.25. The van der Waals surface area contributed by atoms with Crippen molar-refractivity contribution in [2.24, 2.45) is 0 Å². The highest BCUT2D eigenvalue weighted by atomic mass is 16.5. The third kappa shape index (κ3) is 4.37. The molecular weight excluding hydrogens is 284 g/mol. The molecule has 0 spiro atoms. The largest absolute Gasteiger partial charge is 0.491 e. The lowest BCUT2D eigenvalue weighted by atomic mass is 10.3. The summed E-state index contributed by atoms with van der Waals surface area (Å²) in [4.78, 5) is 22.9. The van der Waals surface area contributed by atoms with Gasteiger partial charge in [0.1, 0.15) is 5.75 Å². The van der Waals surface area contributed by atoms with Crippen LogP contribution in [-0.4, -0.2) is 17.9 Å². The Bertz CT molecular complexity index is 659. The van der Waals surface area contributed by atoms with E-state index >= 15 is 0 Å². The van der Waals surface area contributed by atoms with E-state index in [0.717, 1.165) is 5.75 Å². The van der Waals surface area contributed by atoms with Gasteiger partial charge in [-0.2, -0.15) is 0 Å². The molecule has 6 heteroatoms. The van der Waals surface area contributed by atoms with Gasteiger partial charge in [-0.3, -0.25) is 14.9 Å². The second-order valence-electron chi connectivity index (χ2n) is 4.99. The van der Waals surface area contributed by atoms with Crippen LogP contribution in [-0.2, 0) is 4.79 Å². The predicted octanol–water partition coefficient (Wildman–Crippen LogP) is 3.28. The molecule has 2 N–H and O–H groups in total. The van der Waals surface area contributed by atoms with Crippen LogP contribution in [0.25, 0.3) is 0 Å². The summed E-state index contributed by atoms with van der Waals surface area (Å²) in [6, 6.07) is 10.1. The molecule has 1 aromatic carbocycles. The van der Waals surface area contributed by atoms with E-state index in [9.17, 15) is 9.59 Å². The maximum atomic E-state index is 12.0. The van der Waals surface area contributed by atoms with Crippen LogP contribution in [0.1, 0.15) is 31.3 Å². The fourth-order valence-corrected chi connectivity index (χ4v) is 1.78. The molecule has 22 heavy (non-hydrogen) atoms. The van der Waals surface area contributed by atoms with Gasteiger partial charge in [-0.1, -0.05) is 0 Å². The minimum atomic E-state index is -0.394. The highest BCUT2D eigenvalue weighted by molar-refractivity contribution is 6.02. The average Bonchev–Trinajstić information content (AvgIpc) is 2.88. The van der Waals surface area contributed by atoms with E-state index in [1.807, 2.05) is 13.8 Å². The lowest BCUT2D eigenvalue weighted by molar-refractivity contribution is -0.114. The fraction of sp³-hybridized carbons (Fsp3) is 0.250. The lowest BCUT2D eigenvalue weighted by Crippen LogP contribution is -2.11. The van der Waals surface area contributed by atoms with E-state index in [1.165, 1.54) is 19.1 Å². The fourth-order valence-electron chi connectivity index (χ4n) is 1.78. The Morgan fingerprint density at radius 3 is 2.32 bits per heavy atom. The Labute approximate surface area is 128 Å². The van der Waals surface area contributed by atoms with Crippen LogP contribution in [0.4, 0.5) is 11.6 Å². The molecule has 0 unspecified atom stereocenters. The topological polar surface area (TPSA) is 80.6 Å². The third-order valence-electron chi connectivity index (χ3n) is 2.61. The zero-order chi connectivity index (χ0) is 16.1. The molecule has 0 saturated carbocycles. The smallest absolute Gasteiger partial charge is 0.291 e. The molecule has 1 heterocycles. The molecule has 2 rings (SSSR count). The van der Waals surface area contributed by atoms with E-state index in [0.29, 0.717) is 5.69 Å². The molecule has 0 fully saturated rings. The van der Waals surface area contributed by atoms with Crippen LogP contribution in [0.3, 0.4) is 0 Å². The van der Waals surface area contributed by atoms with Gasteiger partial charge in [0, 0.05) is 18.7 Å². The highest BCUT2D eigenvalue weighted by Gasteiger charge is 2.12. The minimum absolute atomic E-state index is 0.0933. The first kappa shape index (κ1) is 15.6. The Kier molecular flexibility index (Phi) is 4.83. The van der Waals surface area contributed by atoms with Gasteiger partial charge in [0.05, 0.1) is 6.10 Å². The molecule has 6 nitrogen and oxygen atoms in total. The van der Waals surface area contributed by atoms with E-state index in [2.05, 4.69) is 10.6 Å². The second-order valence-corrected chi connectivity index (χ2v) is 4.99. The van der Waals surface area contributed by atoms with Crippen LogP contribution < -0.4 is 15.4 Å². The van der Waals surface area contributed by atoms with Crippen LogP contribution in [0.5, 0.6) is 5.75 Å². The van der Waals surface area contributed by atoms with Gasteiger partial charge in [-0.05, 0) is 44.2 Å². The number of furan rings is 1. The van der Waals surface area contributed by atoms with Crippen molar-refractivity contribution >= 4 is 23.4 Å². The highest BCUT2D eigenvalue weighted by Crippen LogP contribution is 2.19. The summed E-state index contributed by atoms with van der Waals surface area (Å²) in [5, 5.41) is 5.17. The zero-order valence-electron chi connectivity index (χ0n) is 12.7. The van der Waals surface area contributed by atoms with Gasteiger partial charge in [-0.25, -0.2) is 0 Å². The molecular formula is C16H18N2O4. The molecule has 1 aromatic heterocycles. The Morgan fingerprint density at radius 1 is 1.05 bits per heavy atom. The van der Waals surface area contributed by atoms with Gasteiger partial charge in [0.25, 0.3) is 5.91 Å². The molecule has 0 radical (unpaired) electrons. The third-order valence-corrected chi connectivity index (χ3v) is 2.61. The number of hydrogen-bond donors (Lipinski definition) is 2. The van der Waals surface area contributed by atoms with E-state index in [4.69, 9.17) is 9.15 Å². The summed E-state index contributed by atoms with van der Waals surface area (Å²) in [5.74, 6) is 0.430. The first-order valence-corrected chi connectivity index (χ1v) is 6.89. The molecule has 116 valence electrons. The normalized spacial score (nSPS) is 10.4. The van der Waals surface area contributed by atoms with Crippen LogP contribution in [0.15, 0.2) is 40.8 Å². The average molecular weight is 302 g/mol. The number of carbonyl (C=O) groups is 2. The Hall–Kier alpha value is -2.76. The van der Waals surface area contributed by atoms with Crippen molar-refractivity contribution in [1.82, 2.24) is 0 Å². The quantitative estimate of drug-likeness (QED) is 0.888. The number of carbonyl (C=O) groups excluding carboxylic acids is 2. The number of ether oxygens (including phenoxy) is 1. The summed E-state index contributed by atoms with van der Waals surface area (Å²) < 4.78 is 10.8. The number of amides is 2. The molecule has 0 aliphatic heterocycles. The number of anilines is 2. The maximum absolute atomic E-state index is 12.0. The maximum Gasteiger partial charge on any atom is 0.291 e. The zero-order valence-corrected chi connectivity index (χ0v) is 12.7. The summed E-state index contributed by atoms with van der Waals surface area (Å²) in [7, 11) is 0. The van der Waals surface area contributed by atoms with Gasteiger partial charge < -0.3 is 14.5 Å². The van der Waals surface area contributed by atoms with E-state index in [-0.39, 0.29) is 23.7 Å². The van der Waals surface area contributed by atoms with Gasteiger partial charge in [0.2, 0.25) is 5.91 Å². The Balaban J connectivity index is 1.99. The standard InChI is InChI=1S/C16H18N2O4/c1-10(2)21-13-6-4-12(5-7-13)18-16(20)14-8-9-15(22-14)17-11(3)19/h4-10H,1-3H3,(H,17,19)(H,18,20). The monoisotopic (exact) mass is 302 g/mol. The van der Waals surface area contributed by atoms with Crippen LogP contribution >= 0.6 is 0 Å². The molecule has 0 bridgehead atoms. The van der Waals surface area contributed by atoms with Crippen molar-refractivity contribution in [3.63, 3.8) is 0 Å². The first-order valence-electron chi connectivity index (χ1n) is 6.89. The van der Waals surface area contributed by atoms with Gasteiger partial charge in [0.15, 0.2) is 11.6 Å². The summed E-state index contributed by atoms with van der Waals surface area (Å²) in [6.07, 6.45) is 0.0933. The van der Waals surface area contributed by atoms with Gasteiger partial charge in [-0.15, -0.1) is 0 Å². The van der Waals surface area contributed by atoms with E-state index in [1.54, 1.807) is 24.3 Å².